The van der Waals surface area contributed by atoms with Gasteiger partial charge in [0.25, 0.3) is 0 Å². The average Bonchev–Trinajstić information content (AvgIpc) is 1.74. The maximum Gasteiger partial charge on any atom is 0.243 e. The zero-order chi connectivity index (χ0) is 75.2. The molecule has 1 unspecified atom stereocenters. The molecule has 103 heavy (non-hydrogen) atoms. The van der Waals surface area contributed by atoms with Gasteiger partial charge in [-0.25, -0.2) is 0 Å². The summed E-state index contributed by atoms with van der Waals surface area (Å²) in [4.78, 5) is 168. The molecule has 0 spiro atoms. The second-order valence-corrected chi connectivity index (χ2v) is 26.6. The fourth-order valence-corrected chi connectivity index (χ4v) is 11.8. The van der Waals surface area contributed by atoms with E-state index in [1.807, 2.05) is 86.6 Å². The Hall–Kier alpha value is -9.15. The zero-order valence-electron chi connectivity index (χ0n) is 61.2. The first-order chi connectivity index (χ1) is 49.5. The summed E-state index contributed by atoms with van der Waals surface area (Å²) >= 11 is 0. The summed E-state index contributed by atoms with van der Waals surface area (Å²) in [5.74, 6) is -4.83. The highest BCUT2D eigenvalue weighted by Gasteiger charge is 2.34. The van der Waals surface area contributed by atoms with E-state index in [9.17, 15) is 38.4 Å². The highest BCUT2D eigenvalue weighted by Crippen LogP contribution is 2.33. The van der Waals surface area contributed by atoms with E-state index in [1.165, 1.54) is 57.9 Å². The number of nitrogens with zero attached hydrogens (tertiary/aromatic N) is 9. The van der Waals surface area contributed by atoms with E-state index in [-0.39, 0.29) is 129 Å². The number of fused-ring (bicyclic) bond motifs is 1. The molecule has 0 bridgehead atoms. The smallest absolute Gasteiger partial charge is 0.243 e. The number of amides is 9. The van der Waals surface area contributed by atoms with Crippen LogP contribution in [0.15, 0.2) is 103 Å². The van der Waals surface area contributed by atoms with Crippen molar-refractivity contribution in [1.82, 2.24) is 44.1 Å². The second-order valence-electron chi connectivity index (χ2n) is 26.6. The molecule has 27 nitrogen and oxygen atoms in total. The van der Waals surface area contributed by atoms with Crippen LogP contribution in [0.1, 0.15) is 122 Å². The molecule has 27 heteroatoms. The van der Waals surface area contributed by atoms with Gasteiger partial charge >= 0.3 is 0 Å². The first-order valence-corrected chi connectivity index (χ1v) is 36.1. The lowest BCUT2D eigenvalue weighted by molar-refractivity contribution is -0.149. The van der Waals surface area contributed by atoms with Crippen molar-refractivity contribution in [2.45, 2.75) is 118 Å². The minimum atomic E-state index is -0.679. The summed E-state index contributed by atoms with van der Waals surface area (Å²) in [7, 11) is 0. The van der Waals surface area contributed by atoms with Crippen molar-refractivity contribution >= 4 is 64.7 Å². The van der Waals surface area contributed by atoms with E-state index in [2.05, 4.69) is 0 Å². The topological polar surface area (TPSA) is 365 Å². The van der Waals surface area contributed by atoms with Crippen LogP contribution in [0.4, 0.5) is 0 Å². The average molecular weight is 1430 g/mol. The van der Waals surface area contributed by atoms with E-state index in [0.29, 0.717) is 87.0 Å². The van der Waals surface area contributed by atoms with E-state index in [0.717, 1.165) is 16.7 Å². The molecule has 564 valence electrons. The maximum atomic E-state index is 15.2. The molecule has 0 aromatic heterocycles. The van der Waals surface area contributed by atoms with Crippen LogP contribution in [0.2, 0.25) is 0 Å². The predicted molar refractivity (Wildman–Crippen MR) is 394 cm³/mol. The van der Waals surface area contributed by atoms with E-state index >= 15 is 14.4 Å². The van der Waals surface area contributed by atoms with Gasteiger partial charge in [-0.1, -0.05) is 105 Å². The van der Waals surface area contributed by atoms with Crippen molar-refractivity contribution in [2.75, 3.05) is 144 Å². The lowest BCUT2D eigenvalue weighted by atomic mass is 10.0. The standard InChI is InChI=1S/C76H112N14O13/c1-57(2)45-88(75(100)55-90(60(5)63-20-8-6-9-21-63)76(101)54-82(38-16-12-33-77)68(93)31-24-58(3)91)52-72(97)85(41-19-15-36-80)51-74(99)89(47-62-27-30-66-67(44-62)103-56-102-66)53-73(98)84(40-18-14-35-79)48-69(94)83(39-17-13-34-78)49-71(96)87(43-37-81)50-70(95)86(46-59(4)92)42-32-61-25-28-65(29-26-61)64-22-10-7-11-23-64/h6-11,20-23,25-30,44,57,60H,12-19,24,31-43,45-56,77-81H2,1-5H3. The quantitative estimate of drug-likeness (QED) is 0.0395. The van der Waals surface area contributed by atoms with Crippen LogP contribution in [0, 0.1) is 5.92 Å². The Morgan fingerprint density at radius 2 is 0.777 bits per heavy atom. The molecule has 0 aliphatic carbocycles. The normalized spacial score (nSPS) is 11.7. The monoisotopic (exact) mass is 1430 g/mol. The third-order valence-electron chi connectivity index (χ3n) is 17.6. The van der Waals surface area contributed by atoms with Gasteiger partial charge in [-0.2, -0.15) is 0 Å². The molecule has 1 atom stereocenters. The Labute approximate surface area is 607 Å². The number of ketones is 2. The summed E-state index contributed by atoms with van der Waals surface area (Å²) in [5, 5.41) is 0. The second kappa shape index (κ2) is 45.8. The third-order valence-corrected chi connectivity index (χ3v) is 17.6. The van der Waals surface area contributed by atoms with E-state index in [4.69, 9.17) is 38.1 Å². The number of rotatable bonds is 49. The van der Waals surface area contributed by atoms with Crippen LogP contribution in [0.25, 0.3) is 11.1 Å². The van der Waals surface area contributed by atoms with Gasteiger partial charge in [-0.3, -0.25) is 47.9 Å². The summed E-state index contributed by atoms with van der Waals surface area (Å²) in [5.41, 5.74) is 33.9. The molecule has 1 aliphatic heterocycles. The van der Waals surface area contributed by atoms with Crippen molar-refractivity contribution in [1.29, 1.82) is 0 Å². The summed E-state index contributed by atoms with van der Waals surface area (Å²) in [6.45, 7) is 5.62. The number of hydrogen-bond donors (Lipinski definition) is 5. The first-order valence-electron chi connectivity index (χ1n) is 36.1. The molecule has 5 rings (SSSR count). The Morgan fingerprint density at radius 1 is 0.369 bits per heavy atom. The Bertz CT molecular complexity index is 3360. The molecule has 0 fully saturated rings. The zero-order valence-corrected chi connectivity index (χ0v) is 61.2. The van der Waals surface area contributed by atoms with Gasteiger partial charge in [0.1, 0.15) is 24.7 Å². The number of benzene rings is 4. The number of nitrogens with two attached hydrogens (primary N) is 5. The highest BCUT2D eigenvalue weighted by atomic mass is 16.7. The lowest BCUT2D eigenvalue weighted by Gasteiger charge is -2.35. The minimum absolute atomic E-state index is 0.00579. The largest absolute Gasteiger partial charge is 0.454 e. The van der Waals surface area contributed by atoms with Crippen molar-refractivity contribution in [3.63, 3.8) is 0 Å². The fourth-order valence-electron chi connectivity index (χ4n) is 11.8. The van der Waals surface area contributed by atoms with Crippen LogP contribution in [-0.4, -0.2) is 253 Å². The molecule has 10 N–H and O–H groups in total. The van der Waals surface area contributed by atoms with Gasteiger partial charge < -0.3 is 87.0 Å². The SMILES string of the molecule is CC(=O)CCC(=O)N(CCCCN)CC(=O)N(CC(=O)N(CC(=O)N(CCCCN)CC(=O)N(CC(=O)N(CCCCN)CC(=O)N(CCCCN)CC(=O)N(CCN)CC(=O)N(CCc1ccc(-c2ccccc2)cc1)CC(C)=O)Cc1ccc2c(c1)OCO2)CC(C)C)C(C)c1ccccc1. The summed E-state index contributed by atoms with van der Waals surface area (Å²) < 4.78 is 11.3. The molecule has 0 saturated carbocycles. The van der Waals surface area contributed by atoms with Gasteiger partial charge in [0, 0.05) is 71.7 Å². The van der Waals surface area contributed by atoms with Crippen LogP contribution >= 0.6 is 0 Å². The van der Waals surface area contributed by atoms with Crippen molar-refractivity contribution in [3.8, 4) is 22.6 Å². The van der Waals surface area contributed by atoms with Crippen LogP contribution in [-0.2, 0) is 65.7 Å². The Kier molecular flexibility index (Phi) is 37.5. The third kappa shape index (κ3) is 29.6. The van der Waals surface area contributed by atoms with Crippen molar-refractivity contribution in [3.05, 3.63) is 120 Å². The van der Waals surface area contributed by atoms with Crippen molar-refractivity contribution < 1.29 is 62.2 Å². The molecule has 9 amide bonds. The van der Waals surface area contributed by atoms with Gasteiger partial charge in [-0.15, -0.1) is 0 Å². The molecule has 1 aliphatic rings. The summed E-state index contributed by atoms with van der Waals surface area (Å²) in [6, 6.07) is 31.3. The molecular weight excluding hydrogens is 1320 g/mol. The lowest BCUT2D eigenvalue weighted by Crippen LogP contribution is -2.53. The molecule has 4 aromatic rings. The van der Waals surface area contributed by atoms with Gasteiger partial charge in [0.15, 0.2) is 11.5 Å². The number of ether oxygens (including phenoxy) is 2. The van der Waals surface area contributed by atoms with E-state index < -0.39 is 105 Å². The van der Waals surface area contributed by atoms with Gasteiger partial charge in [0.2, 0.25) is 60.0 Å². The number of carbonyl (C=O) groups excluding carboxylic acids is 11. The predicted octanol–water partition coefficient (Wildman–Crippen LogP) is 3.57. The fraction of sp³-hybridized carbons (Fsp3) is 0.539. The molecule has 4 aromatic carbocycles. The van der Waals surface area contributed by atoms with Gasteiger partial charge in [-0.05, 0) is 151 Å². The minimum Gasteiger partial charge on any atom is -0.454 e. The first kappa shape index (κ1) is 84.5. The molecule has 0 radical (unpaired) electrons. The number of Topliss-reactive ketones (excluding diaryl/α,β-unsaturated/α-hetero) is 2. The number of carbonyl (C=O) groups is 11. The molecule has 1 heterocycles. The maximum absolute atomic E-state index is 15.2. The summed E-state index contributed by atoms with van der Waals surface area (Å²) in [6.07, 6.45) is 3.95. The molecular formula is C76H112N14O13. The van der Waals surface area contributed by atoms with Gasteiger partial charge in [0.05, 0.1) is 51.9 Å². The van der Waals surface area contributed by atoms with E-state index in [1.54, 1.807) is 37.3 Å². The van der Waals surface area contributed by atoms with Crippen LogP contribution in [0.3, 0.4) is 0 Å². The Balaban J connectivity index is 1.41. The van der Waals surface area contributed by atoms with Crippen LogP contribution < -0.4 is 38.1 Å². The Morgan fingerprint density at radius 3 is 1.25 bits per heavy atom. The highest BCUT2D eigenvalue weighted by molar-refractivity contribution is 5.94. The van der Waals surface area contributed by atoms with Crippen LogP contribution in [0.5, 0.6) is 11.5 Å². The van der Waals surface area contributed by atoms with Crippen molar-refractivity contribution in [2.24, 2.45) is 34.6 Å². The number of hydrogen-bond acceptors (Lipinski definition) is 18. The molecule has 0 saturated heterocycles. The number of unbranched alkanes of at least 4 members (excludes halogenated alkanes) is 4.